The fourth-order valence-corrected chi connectivity index (χ4v) is 6.00. The first-order chi connectivity index (χ1) is 17.7. The van der Waals surface area contributed by atoms with Crippen molar-refractivity contribution in [2.75, 3.05) is 10.6 Å². The van der Waals surface area contributed by atoms with Crippen LogP contribution in [0.3, 0.4) is 0 Å². The molecular formula is C26H26Cl2N4O4S. The molecule has 1 aromatic carbocycles. The molecule has 1 fully saturated rings. The molecule has 1 atom stereocenters. The molecule has 1 aliphatic carbocycles. The Balaban J connectivity index is 1.64. The van der Waals surface area contributed by atoms with E-state index in [0.717, 1.165) is 49.0 Å². The molecule has 37 heavy (non-hydrogen) atoms. The fourth-order valence-electron chi connectivity index (χ4n) is 4.50. The Morgan fingerprint density at radius 3 is 2.30 bits per heavy atom. The third-order valence-corrected chi connectivity index (χ3v) is 8.40. The maximum absolute atomic E-state index is 13.5. The van der Waals surface area contributed by atoms with E-state index in [4.69, 9.17) is 23.2 Å². The molecule has 0 spiro atoms. The number of carboxylic acid groups (broad SMARTS) is 1. The highest BCUT2D eigenvalue weighted by molar-refractivity contribution is 7.18. The minimum atomic E-state index is -1.44. The number of anilines is 2. The normalized spacial score (nSPS) is 15.4. The predicted molar refractivity (Wildman–Crippen MR) is 147 cm³/mol. The maximum atomic E-state index is 13.5. The lowest BCUT2D eigenvalue weighted by Gasteiger charge is -2.37. The van der Waals surface area contributed by atoms with Crippen molar-refractivity contribution in [1.82, 2.24) is 10.3 Å². The van der Waals surface area contributed by atoms with Crippen molar-refractivity contribution in [3.05, 3.63) is 63.7 Å². The predicted octanol–water partition coefficient (Wildman–Crippen LogP) is 6.91. The number of nitrogens with one attached hydrogen (secondary N) is 3. The van der Waals surface area contributed by atoms with Gasteiger partial charge in [-0.15, -0.1) is 11.3 Å². The van der Waals surface area contributed by atoms with Gasteiger partial charge < -0.3 is 21.1 Å². The van der Waals surface area contributed by atoms with Crippen LogP contribution < -0.4 is 16.0 Å². The first kappa shape index (κ1) is 26.9. The van der Waals surface area contributed by atoms with E-state index in [1.807, 2.05) is 0 Å². The summed E-state index contributed by atoms with van der Waals surface area (Å²) in [4.78, 5) is 43.6. The van der Waals surface area contributed by atoms with E-state index in [1.54, 1.807) is 55.7 Å². The highest BCUT2D eigenvalue weighted by Gasteiger charge is 2.43. The summed E-state index contributed by atoms with van der Waals surface area (Å²) in [5.41, 5.74) is -0.186. The van der Waals surface area contributed by atoms with Gasteiger partial charge in [0.05, 0.1) is 21.4 Å². The van der Waals surface area contributed by atoms with Gasteiger partial charge in [0.15, 0.2) is 0 Å². The number of rotatable bonds is 7. The molecule has 3 aromatic rings. The summed E-state index contributed by atoms with van der Waals surface area (Å²) < 4.78 is 0. The third-order valence-electron chi connectivity index (χ3n) is 6.59. The van der Waals surface area contributed by atoms with Gasteiger partial charge in [0.2, 0.25) is 0 Å². The Kier molecular flexibility index (Phi) is 8.36. The average Bonchev–Trinajstić information content (AvgIpc) is 3.31. The van der Waals surface area contributed by atoms with Crippen LogP contribution in [-0.2, 0) is 4.79 Å². The summed E-state index contributed by atoms with van der Waals surface area (Å²) in [5, 5.41) is 18.7. The Morgan fingerprint density at radius 2 is 1.68 bits per heavy atom. The zero-order chi connectivity index (χ0) is 26.6. The van der Waals surface area contributed by atoms with E-state index in [1.165, 1.54) is 0 Å². The second-order valence-corrected chi connectivity index (χ2v) is 10.9. The molecule has 0 radical (unpaired) electrons. The van der Waals surface area contributed by atoms with E-state index in [0.29, 0.717) is 4.88 Å². The number of amides is 3. The van der Waals surface area contributed by atoms with Crippen molar-refractivity contribution < 1.29 is 19.5 Å². The van der Waals surface area contributed by atoms with Crippen LogP contribution in [0.2, 0.25) is 10.0 Å². The monoisotopic (exact) mass is 560 g/mol. The number of thiophene rings is 1. The Morgan fingerprint density at radius 1 is 1.03 bits per heavy atom. The number of para-hydroxylation sites is 1. The Bertz CT molecular complexity index is 1290. The van der Waals surface area contributed by atoms with Crippen LogP contribution in [0.25, 0.3) is 10.4 Å². The molecule has 194 valence electrons. The van der Waals surface area contributed by atoms with E-state index >= 15 is 0 Å². The number of pyridine rings is 1. The minimum absolute atomic E-state index is 0.176. The van der Waals surface area contributed by atoms with Gasteiger partial charge in [-0.25, -0.2) is 9.59 Å². The molecule has 0 unspecified atom stereocenters. The van der Waals surface area contributed by atoms with Crippen molar-refractivity contribution in [3.63, 3.8) is 0 Å². The number of halogens is 2. The smallest absolute Gasteiger partial charge is 0.329 e. The van der Waals surface area contributed by atoms with Crippen LogP contribution in [0.1, 0.15) is 48.7 Å². The van der Waals surface area contributed by atoms with Gasteiger partial charge in [0, 0.05) is 17.3 Å². The fraction of sp³-hybridized carbons (Fsp3) is 0.308. The van der Waals surface area contributed by atoms with Crippen molar-refractivity contribution in [2.45, 2.75) is 44.6 Å². The summed E-state index contributed by atoms with van der Waals surface area (Å²) >= 11 is 13.5. The number of carboxylic acids is 1. The molecule has 4 N–H and O–H groups in total. The molecule has 0 bridgehead atoms. The van der Waals surface area contributed by atoms with E-state index in [2.05, 4.69) is 20.9 Å². The van der Waals surface area contributed by atoms with Gasteiger partial charge in [0.1, 0.15) is 10.4 Å². The summed E-state index contributed by atoms with van der Waals surface area (Å²) in [6.45, 7) is 1.56. The van der Waals surface area contributed by atoms with Gasteiger partial charge in [-0.3, -0.25) is 9.78 Å². The molecule has 0 saturated heterocycles. The van der Waals surface area contributed by atoms with Crippen LogP contribution in [0, 0.1) is 5.92 Å². The van der Waals surface area contributed by atoms with Gasteiger partial charge in [-0.1, -0.05) is 48.5 Å². The largest absolute Gasteiger partial charge is 0.480 e. The van der Waals surface area contributed by atoms with E-state index in [-0.39, 0.29) is 32.2 Å². The zero-order valence-corrected chi connectivity index (χ0v) is 22.3. The number of urea groups is 1. The molecule has 1 aliphatic rings. The third kappa shape index (κ3) is 6.06. The number of hydrogen-bond donors (Lipinski definition) is 4. The number of carbonyl (C=O) groups excluding carboxylic acids is 2. The Hall–Kier alpha value is -3.14. The second kappa shape index (κ2) is 11.5. The topological polar surface area (TPSA) is 120 Å². The standard InChI is InChI=1S/C26H26Cl2N4O4S/c1-26(24(34)35,16-6-3-2-4-7-16)32-23(33)22-19(14-20(37-22)15-10-12-29-13-11-15)30-25(36)31-21-17(27)8-5-9-18(21)28/h5,8-14,16H,2-4,6-7H2,1H3,(H,32,33)(H,34,35)(H2,30,31,36)/t26-/m0/s1. The van der Waals surface area contributed by atoms with Crippen LogP contribution in [0.5, 0.6) is 0 Å². The zero-order valence-electron chi connectivity index (χ0n) is 20.0. The molecule has 1 saturated carbocycles. The van der Waals surface area contributed by atoms with Crippen molar-refractivity contribution in [2.24, 2.45) is 5.92 Å². The Labute approximate surface area is 228 Å². The molecule has 8 nitrogen and oxygen atoms in total. The molecular weight excluding hydrogens is 535 g/mol. The molecule has 4 rings (SSSR count). The molecule has 2 aromatic heterocycles. The van der Waals surface area contributed by atoms with Crippen molar-refractivity contribution >= 4 is 63.8 Å². The van der Waals surface area contributed by atoms with E-state index in [9.17, 15) is 19.5 Å². The summed E-state index contributed by atoms with van der Waals surface area (Å²) in [5.74, 6) is -1.85. The lowest BCUT2D eigenvalue weighted by Crippen LogP contribution is -2.57. The number of nitrogens with zero attached hydrogens (tertiary/aromatic N) is 1. The number of aromatic nitrogens is 1. The van der Waals surface area contributed by atoms with Crippen LogP contribution >= 0.6 is 34.5 Å². The van der Waals surface area contributed by atoms with Crippen LogP contribution in [0.15, 0.2) is 48.8 Å². The number of hydrogen-bond acceptors (Lipinski definition) is 5. The SMILES string of the molecule is C[C@@](NC(=O)c1sc(-c2ccncc2)cc1NC(=O)Nc1c(Cl)cccc1Cl)(C(=O)O)C1CCCCC1. The molecule has 3 amide bonds. The summed E-state index contributed by atoms with van der Waals surface area (Å²) in [7, 11) is 0. The lowest BCUT2D eigenvalue weighted by molar-refractivity contribution is -0.146. The first-order valence-electron chi connectivity index (χ1n) is 11.8. The number of carbonyl (C=O) groups is 3. The number of benzene rings is 1. The maximum Gasteiger partial charge on any atom is 0.329 e. The average molecular weight is 561 g/mol. The van der Waals surface area contributed by atoms with Gasteiger partial charge in [-0.2, -0.15) is 0 Å². The summed E-state index contributed by atoms with van der Waals surface area (Å²) in [6, 6.07) is 9.41. The van der Waals surface area contributed by atoms with E-state index < -0.39 is 23.4 Å². The number of aliphatic carboxylic acids is 1. The van der Waals surface area contributed by atoms with Gasteiger partial charge in [0.25, 0.3) is 5.91 Å². The highest BCUT2D eigenvalue weighted by atomic mass is 35.5. The summed E-state index contributed by atoms with van der Waals surface area (Å²) in [6.07, 6.45) is 7.60. The minimum Gasteiger partial charge on any atom is -0.480 e. The second-order valence-electron chi connectivity index (χ2n) is 9.06. The molecule has 0 aliphatic heterocycles. The quantitative estimate of drug-likeness (QED) is 0.250. The lowest BCUT2D eigenvalue weighted by atomic mass is 9.75. The van der Waals surface area contributed by atoms with Crippen molar-refractivity contribution in [1.29, 1.82) is 0 Å². The van der Waals surface area contributed by atoms with Crippen LogP contribution in [-0.4, -0.2) is 33.5 Å². The highest BCUT2D eigenvalue weighted by Crippen LogP contribution is 2.37. The first-order valence-corrected chi connectivity index (χ1v) is 13.4. The molecule has 11 heteroatoms. The molecule has 2 heterocycles. The van der Waals surface area contributed by atoms with Gasteiger partial charge in [-0.05, 0) is 61.6 Å². The van der Waals surface area contributed by atoms with Crippen molar-refractivity contribution in [3.8, 4) is 10.4 Å². The van der Waals surface area contributed by atoms with Gasteiger partial charge >= 0.3 is 12.0 Å². The van der Waals surface area contributed by atoms with Crippen LogP contribution in [0.4, 0.5) is 16.2 Å².